The Morgan fingerprint density at radius 2 is 1.58 bits per heavy atom. The zero-order valence-electron chi connectivity index (χ0n) is 7.54. The van der Waals surface area contributed by atoms with Crippen LogP contribution in [-0.2, 0) is 0 Å². The summed E-state index contributed by atoms with van der Waals surface area (Å²) in [6, 6.07) is 0. The summed E-state index contributed by atoms with van der Waals surface area (Å²) >= 11 is -2.84. The number of hydrogen-bond acceptors (Lipinski definition) is 2. The van der Waals surface area contributed by atoms with Gasteiger partial charge in [-0.1, -0.05) is 0 Å². The third-order valence-corrected chi connectivity index (χ3v) is 12.8. The maximum absolute atomic E-state index is 9.50. The first-order valence-corrected chi connectivity index (χ1v) is 13.7. The van der Waals surface area contributed by atoms with E-state index in [1.807, 2.05) is 6.92 Å². The molecule has 0 aliphatic heterocycles. The monoisotopic (exact) mass is 324 g/mol. The van der Waals surface area contributed by atoms with Crippen LogP contribution in [0.1, 0.15) is 20.8 Å². The van der Waals surface area contributed by atoms with Crippen molar-refractivity contribution in [1.82, 2.24) is 0 Å². The van der Waals surface area contributed by atoms with Gasteiger partial charge in [-0.05, 0) is 0 Å². The molecule has 2 atom stereocenters. The van der Waals surface area contributed by atoms with Crippen LogP contribution in [0, 0.1) is 0 Å². The summed E-state index contributed by atoms with van der Waals surface area (Å²) in [6.45, 7) is 5.67. The molecule has 0 rings (SSSR count). The molecule has 0 saturated carbocycles. The summed E-state index contributed by atoms with van der Waals surface area (Å²) in [5, 5.41) is 19.0. The molecular formula is C6H16Cl2NO2Sn+. The summed E-state index contributed by atoms with van der Waals surface area (Å²) in [6.07, 6.45) is -1.38. The molecular weight excluding hydrogens is 308 g/mol. The average Bonchev–Trinajstić information content (AvgIpc) is 1.86. The fourth-order valence-corrected chi connectivity index (χ4v) is 10.2. The van der Waals surface area contributed by atoms with Crippen molar-refractivity contribution in [2.24, 2.45) is 0 Å². The number of nitrogens with zero attached hydrogens (tertiary/aromatic N) is 1. The van der Waals surface area contributed by atoms with Crippen molar-refractivity contribution in [3.8, 4) is 0 Å². The second-order valence-corrected chi connectivity index (χ2v) is 14.2. The Morgan fingerprint density at radius 3 is 1.58 bits per heavy atom. The molecule has 0 aromatic rings. The molecule has 2 unspecified atom stereocenters. The second kappa shape index (κ2) is 5.22. The fraction of sp³-hybridized carbons (Fsp3) is 1.00. The fourth-order valence-electron chi connectivity index (χ4n) is 1.30. The first kappa shape index (κ1) is 13.3. The van der Waals surface area contributed by atoms with E-state index < -0.39 is 30.2 Å². The molecule has 0 aromatic carbocycles. The van der Waals surface area contributed by atoms with Crippen molar-refractivity contribution >= 4 is 35.6 Å². The van der Waals surface area contributed by atoms with Crippen LogP contribution in [0.25, 0.3) is 0 Å². The number of aliphatic hydroxyl groups excluding tert-OH is 2. The van der Waals surface area contributed by atoms with E-state index in [1.165, 1.54) is 0 Å². The van der Waals surface area contributed by atoms with Crippen LogP contribution in [0.4, 0.5) is 0 Å². The van der Waals surface area contributed by atoms with Crippen LogP contribution >= 0.6 is 17.8 Å². The van der Waals surface area contributed by atoms with Gasteiger partial charge in [0.05, 0.1) is 0 Å². The molecule has 0 aromatic heterocycles. The van der Waals surface area contributed by atoms with Crippen LogP contribution in [0.15, 0.2) is 0 Å². The number of rotatable bonds is 4. The molecule has 12 heavy (non-hydrogen) atoms. The SMILES string of the molecule is CC[N+](C(C)O)(C(C)O)[SnH]([Cl])[Cl]. The number of halogens is 2. The number of hydrogen-bond donors (Lipinski definition) is 2. The van der Waals surface area contributed by atoms with Gasteiger partial charge in [-0.3, -0.25) is 0 Å². The second-order valence-electron chi connectivity index (χ2n) is 2.85. The molecule has 74 valence electrons. The molecule has 0 fully saturated rings. The Morgan fingerprint density at radius 1 is 1.25 bits per heavy atom. The molecule has 0 aliphatic rings. The van der Waals surface area contributed by atoms with E-state index in [9.17, 15) is 10.2 Å². The van der Waals surface area contributed by atoms with Crippen LogP contribution in [-0.4, -0.2) is 49.7 Å². The van der Waals surface area contributed by atoms with Gasteiger partial charge in [0, 0.05) is 0 Å². The predicted molar refractivity (Wildman–Crippen MR) is 53.0 cm³/mol. The van der Waals surface area contributed by atoms with E-state index >= 15 is 0 Å². The van der Waals surface area contributed by atoms with Crippen LogP contribution in [0.5, 0.6) is 0 Å². The maximum atomic E-state index is 9.50. The first-order valence-electron chi connectivity index (χ1n) is 3.91. The van der Waals surface area contributed by atoms with Crippen molar-refractivity contribution in [3.05, 3.63) is 0 Å². The van der Waals surface area contributed by atoms with Gasteiger partial charge < -0.3 is 0 Å². The van der Waals surface area contributed by atoms with Gasteiger partial charge in [-0.25, -0.2) is 0 Å². The zero-order valence-corrected chi connectivity index (χ0v) is 12.3. The van der Waals surface area contributed by atoms with Crippen molar-refractivity contribution in [1.29, 1.82) is 0 Å². The Bertz CT molecular complexity index is 122. The molecule has 0 saturated heterocycles. The Labute approximate surface area is 88.0 Å². The van der Waals surface area contributed by atoms with Crippen LogP contribution < -0.4 is 0 Å². The summed E-state index contributed by atoms with van der Waals surface area (Å²) in [7, 11) is 11.8. The van der Waals surface area contributed by atoms with Gasteiger partial charge in [0.1, 0.15) is 0 Å². The Kier molecular flexibility index (Phi) is 5.76. The van der Waals surface area contributed by atoms with Crippen molar-refractivity contribution in [2.45, 2.75) is 33.2 Å². The quantitative estimate of drug-likeness (QED) is 0.590. The van der Waals surface area contributed by atoms with Gasteiger partial charge in [-0.15, -0.1) is 0 Å². The molecule has 0 radical (unpaired) electrons. The van der Waals surface area contributed by atoms with Crippen molar-refractivity contribution in [3.63, 3.8) is 0 Å². The number of aliphatic hydroxyl groups is 2. The van der Waals surface area contributed by atoms with Gasteiger partial charge in [0.25, 0.3) is 0 Å². The van der Waals surface area contributed by atoms with E-state index in [0.29, 0.717) is 6.54 Å². The van der Waals surface area contributed by atoms with Crippen LogP contribution in [0.3, 0.4) is 0 Å². The van der Waals surface area contributed by atoms with E-state index in [0.717, 1.165) is 0 Å². The molecule has 0 amide bonds. The van der Waals surface area contributed by atoms with Crippen LogP contribution in [0.2, 0.25) is 0 Å². The normalized spacial score (nSPS) is 22.0. The van der Waals surface area contributed by atoms with Gasteiger partial charge in [0.2, 0.25) is 0 Å². The summed E-state index contributed by atoms with van der Waals surface area (Å²) in [5.74, 6) is 0. The molecule has 0 bridgehead atoms. The molecule has 0 spiro atoms. The van der Waals surface area contributed by atoms with Gasteiger partial charge in [0.15, 0.2) is 0 Å². The van der Waals surface area contributed by atoms with E-state index in [-0.39, 0.29) is 2.70 Å². The average molecular weight is 324 g/mol. The minimum atomic E-state index is -2.84. The Balaban J connectivity index is 4.77. The predicted octanol–water partition coefficient (Wildman–Crippen LogP) is 0.694. The molecule has 2 N–H and O–H groups in total. The van der Waals surface area contributed by atoms with E-state index in [1.54, 1.807) is 13.8 Å². The Hall–Kier alpha value is 1.26. The third-order valence-electron chi connectivity index (χ3n) is 2.30. The summed E-state index contributed by atoms with van der Waals surface area (Å²) < 4.78 is 0.0881. The van der Waals surface area contributed by atoms with E-state index in [4.69, 9.17) is 17.8 Å². The number of quaternary nitrogens is 1. The van der Waals surface area contributed by atoms with Crippen molar-refractivity contribution < 1.29 is 12.9 Å². The van der Waals surface area contributed by atoms with Gasteiger partial charge in [-0.2, -0.15) is 0 Å². The molecule has 6 heteroatoms. The third kappa shape index (κ3) is 2.39. The first-order chi connectivity index (χ1) is 5.39. The molecule has 0 aliphatic carbocycles. The summed E-state index contributed by atoms with van der Waals surface area (Å²) in [5.41, 5.74) is 0. The van der Waals surface area contributed by atoms with E-state index in [2.05, 4.69) is 0 Å². The minimum absolute atomic E-state index is 0.0881. The molecule has 0 heterocycles. The summed E-state index contributed by atoms with van der Waals surface area (Å²) in [4.78, 5) is 0. The van der Waals surface area contributed by atoms with Crippen molar-refractivity contribution in [2.75, 3.05) is 6.54 Å². The van der Waals surface area contributed by atoms with Gasteiger partial charge >= 0.3 is 88.3 Å². The standard InChI is InChI=1S/C6H15NO2.2ClH.Sn.H/c1-4-7(5(2)8)6(3)9;;;;/h5-6,8-9H,4H2,1-3H3;2*1H;;/q;;;+3;/p-2. The topological polar surface area (TPSA) is 40.5 Å². The zero-order chi connectivity index (χ0) is 9.94. The molecule has 3 nitrogen and oxygen atoms in total.